The number of nitro groups is 1. The molecule has 3 rings (SSSR count). The molecule has 0 aliphatic heterocycles. The summed E-state index contributed by atoms with van der Waals surface area (Å²) in [6.07, 6.45) is 0. The van der Waals surface area contributed by atoms with E-state index >= 15 is 0 Å². The molecule has 0 unspecified atom stereocenters. The van der Waals surface area contributed by atoms with Crippen LogP contribution in [-0.4, -0.2) is 10.8 Å². The lowest BCUT2D eigenvalue weighted by Gasteiger charge is -2.06. The van der Waals surface area contributed by atoms with Crippen molar-refractivity contribution >= 4 is 17.3 Å². The van der Waals surface area contributed by atoms with Crippen molar-refractivity contribution in [2.24, 2.45) is 0 Å². The molecule has 0 saturated carbocycles. The van der Waals surface area contributed by atoms with E-state index in [1.807, 2.05) is 31.2 Å². The number of para-hydroxylation sites is 1. The highest BCUT2D eigenvalue weighted by Gasteiger charge is 2.14. The van der Waals surface area contributed by atoms with E-state index in [9.17, 15) is 14.9 Å². The lowest BCUT2D eigenvalue weighted by molar-refractivity contribution is -0.384. The van der Waals surface area contributed by atoms with Crippen molar-refractivity contribution in [3.05, 3.63) is 82.1 Å². The molecule has 0 radical (unpaired) electrons. The number of aryl methyl sites for hydroxylation is 1. The number of furan rings is 1. The molecule has 1 amide bonds. The summed E-state index contributed by atoms with van der Waals surface area (Å²) >= 11 is 0. The highest BCUT2D eigenvalue weighted by Crippen LogP contribution is 2.25. The van der Waals surface area contributed by atoms with Crippen LogP contribution in [0.3, 0.4) is 0 Å². The Hall–Kier alpha value is -3.41. The molecule has 6 nitrogen and oxygen atoms in total. The van der Waals surface area contributed by atoms with Crippen LogP contribution in [0.4, 0.5) is 11.4 Å². The van der Waals surface area contributed by atoms with E-state index in [0.29, 0.717) is 11.3 Å². The zero-order valence-corrected chi connectivity index (χ0v) is 12.9. The average molecular weight is 322 g/mol. The Bertz CT molecular complexity index is 897. The van der Waals surface area contributed by atoms with Gasteiger partial charge in [0, 0.05) is 23.4 Å². The number of benzene rings is 2. The van der Waals surface area contributed by atoms with Gasteiger partial charge >= 0.3 is 0 Å². The summed E-state index contributed by atoms with van der Waals surface area (Å²) in [5, 5.41) is 13.5. The monoisotopic (exact) mass is 322 g/mol. The molecule has 3 aromatic rings. The standard InChI is InChI=1S/C18H14N2O4/c1-12-4-2-3-5-15(12)19-18(21)17-11-10-16(24-17)13-6-8-14(9-7-13)20(22)23/h2-11H,1H3,(H,19,21). The molecule has 0 bridgehead atoms. The first-order chi connectivity index (χ1) is 11.5. The molecule has 24 heavy (non-hydrogen) atoms. The third kappa shape index (κ3) is 3.17. The van der Waals surface area contributed by atoms with E-state index in [1.165, 1.54) is 12.1 Å². The Morgan fingerprint density at radius 2 is 1.75 bits per heavy atom. The average Bonchev–Trinajstić information content (AvgIpc) is 3.07. The summed E-state index contributed by atoms with van der Waals surface area (Å²) < 4.78 is 5.56. The highest BCUT2D eigenvalue weighted by atomic mass is 16.6. The third-order valence-corrected chi connectivity index (χ3v) is 3.59. The first-order valence-corrected chi connectivity index (χ1v) is 7.26. The van der Waals surface area contributed by atoms with Gasteiger partial charge in [0.05, 0.1) is 4.92 Å². The normalized spacial score (nSPS) is 10.4. The minimum Gasteiger partial charge on any atom is -0.451 e. The van der Waals surface area contributed by atoms with E-state index in [2.05, 4.69) is 5.32 Å². The van der Waals surface area contributed by atoms with Crippen molar-refractivity contribution in [3.8, 4) is 11.3 Å². The van der Waals surface area contributed by atoms with Gasteiger partial charge in [-0.15, -0.1) is 0 Å². The number of anilines is 1. The number of nitrogens with one attached hydrogen (secondary N) is 1. The summed E-state index contributed by atoms with van der Waals surface area (Å²) in [4.78, 5) is 22.5. The van der Waals surface area contributed by atoms with Gasteiger partial charge in [0.15, 0.2) is 5.76 Å². The van der Waals surface area contributed by atoms with Crippen LogP contribution in [0.15, 0.2) is 65.1 Å². The maximum Gasteiger partial charge on any atom is 0.291 e. The van der Waals surface area contributed by atoms with Crippen LogP contribution in [0, 0.1) is 17.0 Å². The van der Waals surface area contributed by atoms with Crippen molar-refractivity contribution in [2.75, 3.05) is 5.32 Å². The summed E-state index contributed by atoms with van der Waals surface area (Å²) in [7, 11) is 0. The van der Waals surface area contributed by atoms with Crippen molar-refractivity contribution < 1.29 is 14.1 Å². The van der Waals surface area contributed by atoms with Crippen LogP contribution in [-0.2, 0) is 0 Å². The zero-order chi connectivity index (χ0) is 17.1. The summed E-state index contributed by atoms with van der Waals surface area (Å²) in [5.74, 6) is 0.295. The molecular formula is C18H14N2O4. The van der Waals surface area contributed by atoms with Crippen LogP contribution in [0.25, 0.3) is 11.3 Å². The lowest BCUT2D eigenvalue weighted by Crippen LogP contribution is -2.11. The van der Waals surface area contributed by atoms with Crippen molar-refractivity contribution in [2.45, 2.75) is 6.92 Å². The highest BCUT2D eigenvalue weighted by molar-refractivity contribution is 6.03. The lowest BCUT2D eigenvalue weighted by atomic mass is 10.1. The second-order valence-electron chi connectivity index (χ2n) is 5.24. The predicted octanol–water partition coefficient (Wildman–Crippen LogP) is 4.42. The first kappa shape index (κ1) is 15.5. The number of nitrogens with zero attached hydrogens (tertiary/aromatic N) is 1. The van der Waals surface area contributed by atoms with Gasteiger partial charge in [-0.1, -0.05) is 18.2 Å². The minimum atomic E-state index is -0.465. The van der Waals surface area contributed by atoms with Crippen molar-refractivity contribution in [3.63, 3.8) is 0 Å². The molecule has 120 valence electrons. The van der Waals surface area contributed by atoms with Gasteiger partial charge in [0.1, 0.15) is 5.76 Å². The van der Waals surface area contributed by atoms with Gasteiger partial charge in [0.2, 0.25) is 0 Å². The topological polar surface area (TPSA) is 85.4 Å². The number of rotatable bonds is 4. The van der Waals surface area contributed by atoms with Crippen molar-refractivity contribution in [1.82, 2.24) is 0 Å². The van der Waals surface area contributed by atoms with E-state index in [-0.39, 0.29) is 17.4 Å². The SMILES string of the molecule is Cc1ccccc1NC(=O)c1ccc(-c2ccc([N+](=O)[O-])cc2)o1. The van der Waals surface area contributed by atoms with Gasteiger partial charge in [-0.25, -0.2) is 0 Å². The summed E-state index contributed by atoms with van der Waals surface area (Å²) in [6.45, 7) is 1.90. The fourth-order valence-electron chi connectivity index (χ4n) is 2.26. The number of carbonyl (C=O) groups is 1. The number of carbonyl (C=O) groups excluding carboxylic acids is 1. The molecular weight excluding hydrogens is 308 g/mol. The number of hydrogen-bond donors (Lipinski definition) is 1. The summed E-state index contributed by atoms with van der Waals surface area (Å²) in [6, 6.07) is 16.6. The smallest absolute Gasteiger partial charge is 0.291 e. The Morgan fingerprint density at radius 3 is 2.42 bits per heavy atom. The number of hydrogen-bond acceptors (Lipinski definition) is 4. The predicted molar refractivity (Wildman–Crippen MR) is 89.9 cm³/mol. The Morgan fingerprint density at radius 1 is 1.04 bits per heavy atom. The second-order valence-corrected chi connectivity index (χ2v) is 5.24. The molecule has 0 saturated heterocycles. The van der Waals surface area contributed by atoms with Crippen LogP contribution in [0.1, 0.15) is 16.1 Å². The molecule has 2 aromatic carbocycles. The second kappa shape index (κ2) is 6.37. The number of amides is 1. The van der Waals surface area contributed by atoms with Gasteiger partial charge in [0.25, 0.3) is 11.6 Å². The van der Waals surface area contributed by atoms with E-state index in [1.54, 1.807) is 24.3 Å². The Kier molecular flexibility index (Phi) is 4.11. The number of nitro benzene ring substituents is 1. The Labute approximate surface area is 137 Å². The van der Waals surface area contributed by atoms with Gasteiger partial charge in [-0.3, -0.25) is 14.9 Å². The van der Waals surface area contributed by atoms with Crippen LogP contribution >= 0.6 is 0 Å². The molecule has 0 aliphatic rings. The molecule has 1 heterocycles. The quantitative estimate of drug-likeness (QED) is 0.569. The third-order valence-electron chi connectivity index (χ3n) is 3.59. The van der Waals surface area contributed by atoms with Gasteiger partial charge < -0.3 is 9.73 Å². The van der Waals surface area contributed by atoms with E-state index < -0.39 is 4.92 Å². The Balaban J connectivity index is 1.78. The van der Waals surface area contributed by atoms with Crippen LogP contribution in [0.5, 0.6) is 0 Å². The summed E-state index contributed by atoms with van der Waals surface area (Å²) in [5.41, 5.74) is 2.34. The molecule has 1 aromatic heterocycles. The largest absolute Gasteiger partial charge is 0.451 e. The first-order valence-electron chi connectivity index (χ1n) is 7.26. The van der Waals surface area contributed by atoms with Crippen molar-refractivity contribution in [1.29, 1.82) is 0 Å². The van der Waals surface area contributed by atoms with Gasteiger partial charge in [-0.05, 0) is 42.8 Å². The molecule has 6 heteroatoms. The minimum absolute atomic E-state index is 0.00262. The fraction of sp³-hybridized carbons (Fsp3) is 0.0556. The maximum atomic E-state index is 12.3. The van der Waals surface area contributed by atoms with E-state index in [0.717, 1.165) is 11.3 Å². The molecule has 0 fully saturated rings. The fourth-order valence-corrected chi connectivity index (χ4v) is 2.26. The maximum absolute atomic E-state index is 12.3. The number of non-ortho nitro benzene ring substituents is 1. The molecule has 0 atom stereocenters. The van der Waals surface area contributed by atoms with Crippen LogP contribution < -0.4 is 5.32 Å². The molecule has 0 spiro atoms. The van der Waals surface area contributed by atoms with Gasteiger partial charge in [-0.2, -0.15) is 0 Å². The van der Waals surface area contributed by atoms with Crippen LogP contribution in [0.2, 0.25) is 0 Å². The molecule has 0 aliphatic carbocycles. The molecule has 1 N–H and O–H groups in total. The zero-order valence-electron chi connectivity index (χ0n) is 12.9. The van der Waals surface area contributed by atoms with E-state index in [4.69, 9.17) is 4.42 Å².